The van der Waals surface area contributed by atoms with E-state index in [-0.39, 0.29) is 5.56 Å². The van der Waals surface area contributed by atoms with Crippen molar-refractivity contribution in [3.63, 3.8) is 0 Å². The number of nitrogens with zero attached hydrogens (tertiary/aromatic N) is 1. The molecule has 2 nitrogen and oxygen atoms in total. The lowest BCUT2D eigenvalue weighted by atomic mass is 9.80. The summed E-state index contributed by atoms with van der Waals surface area (Å²) in [6.07, 6.45) is 4.91. The number of thioether (sulfide) groups is 1. The smallest absolute Gasteiger partial charge is 0.141 e. The van der Waals surface area contributed by atoms with Crippen molar-refractivity contribution < 1.29 is 9.50 Å². The number of hydrogen-bond donors (Lipinski definition) is 1. The normalized spacial score (nSPS) is 33.7. The van der Waals surface area contributed by atoms with E-state index in [1.165, 1.54) is 18.6 Å². The first-order valence-corrected chi connectivity index (χ1v) is 7.63. The molecule has 4 heteroatoms. The minimum atomic E-state index is -0.921. The van der Waals surface area contributed by atoms with Gasteiger partial charge in [0.2, 0.25) is 0 Å². The van der Waals surface area contributed by atoms with Gasteiger partial charge in [0.1, 0.15) is 11.9 Å². The quantitative estimate of drug-likeness (QED) is 0.856. The fraction of sp³-hybridized carbons (Fsp3) is 0.533. The number of rotatable bonds is 1. The van der Waals surface area contributed by atoms with Gasteiger partial charge in [0, 0.05) is 10.5 Å². The number of nitriles is 1. The van der Waals surface area contributed by atoms with E-state index in [2.05, 4.69) is 0 Å². The predicted molar refractivity (Wildman–Crippen MR) is 73.3 cm³/mol. The summed E-state index contributed by atoms with van der Waals surface area (Å²) in [7, 11) is 0. The molecule has 0 aliphatic carbocycles. The number of halogens is 1. The van der Waals surface area contributed by atoms with Crippen LogP contribution in [-0.2, 0) is 5.60 Å². The third kappa shape index (κ3) is 2.37. The second-order valence-electron chi connectivity index (χ2n) is 5.56. The maximum absolute atomic E-state index is 13.7. The van der Waals surface area contributed by atoms with Gasteiger partial charge in [-0.05, 0) is 43.4 Å². The first-order chi connectivity index (χ1) is 9.10. The van der Waals surface area contributed by atoms with Gasteiger partial charge in [0.15, 0.2) is 0 Å². The van der Waals surface area contributed by atoms with E-state index < -0.39 is 11.4 Å². The maximum atomic E-state index is 13.7. The zero-order valence-electron chi connectivity index (χ0n) is 10.6. The molecule has 2 unspecified atom stereocenters. The lowest BCUT2D eigenvalue weighted by molar-refractivity contribution is 0.00786. The molecule has 2 aliphatic heterocycles. The molecule has 0 radical (unpaired) electrons. The third-order valence-electron chi connectivity index (χ3n) is 4.19. The first-order valence-electron chi connectivity index (χ1n) is 6.69. The molecule has 19 heavy (non-hydrogen) atoms. The van der Waals surface area contributed by atoms with Crippen molar-refractivity contribution in [1.82, 2.24) is 0 Å². The van der Waals surface area contributed by atoms with Crippen molar-refractivity contribution in [1.29, 1.82) is 5.26 Å². The van der Waals surface area contributed by atoms with E-state index in [1.54, 1.807) is 6.07 Å². The molecule has 0 amide bonds. The van der Waals surface area contributed by atoms with Crippen LogP contribution < -0.4 is 0 Å². The van der Waals surface area contributed by atoms with E-state index in [4.69, 9.17) is 5.26 Å². The minimum absolute atomic E-state index is 0.0396. The van der Waals surface area contributed by atoms with Crippen LogP contribution in [0.2, 0.25) is 0 Å². The second-order valence-corrected chi connectivity index (χ2v) is 7.16. The Bertz CT molecular complexity index is 527. The van der Waals surface area contributed by atoms with Crippen molar-refractivity contribution in [2.24, 2.45) is 0 Å². The highest BCUT2D eigenvalue weighted by atomic mass is 32.2. The van der Waals surface area contributed by atoms with Crippen LogP contribution in [0.3, 0.4) is 0 Å². The molecule has 2 bridgehead atoms. The lowest BCUT2D eigenvalue weighted by Crippen LogP contribution is -2.40. The fourth-order valence-electron chi connectivity index (χ4n) is 3.25. The van der Waals surface area contributed by atoms with Gasteiger partial charge in [-0.2, -0.15) is 17.0 Å². The van der Waals surface area contributed by atoms with Crippen LogP contribution in [-0.4, -0.2) is 15.6 Å². The Labute approximate surface area is 116 Å². The van der Waals surface area contributed by atoms with Crippen LogP contribution in [0.25, 0.3) is 0 Å². The largest absolute Gasteiger partial charge is 0.385 e. The molecule has 2 heterocycles. The summed E-state index contributed by atoms with van der Waals surface area (Å²) in [5.74, 6) is -0.531. The van der Waals surface area contributed by atoms with E-state index in [9.17, 15) is 9.50 Å². The summed E-state index contributed by atoms with van der Waals surface area (Å²) < 4.78 is 13.7. The van der Waals surface area contributed by atoms with Crippen LogP contribution in [0.4, 0.5) is 4.39 Å². The van der Waals surface area contributed by atoms with E-state index in [1.807, 2.05) is 17.8 Å². The van der Waals surface area contributed by atoms with Crippen molar-refractivity contribution in [2.75, 3.05) is 0 Å². The Morgan fingerprint density at radius 1 is 1.32 bits per heavy atom. The highest BCUT2D eigenvalue weighted by molar-refractivity contribution is 8.00. The van der Waals surface area contributed by atoms with Crippen molar-refractivity contribution >= 4 is 11.8 Å². The van der Waals surface area contributed by atoms with Crippen LogP contribution in [0, 0.1) is 17.1 Å². The summed E-state index contributed by atoms with van der Waals surface area (Å²) >= 11 is 1.98. The predicted octanol–water partition coefficient (Wildman–Crippen LogP) is 3.33. The number of fused-ring (bicyclic) bond motifs is 2. The Hall–Kier alpha value is -1.05. The molecular weight excluding hydrogens is 261 g/mol. The summed E-state index contributed by atoms with van der Waals surface area (Å²) in [4.78, 5) is 0. The van der Waals surface area contributed by atoms with E-state index >= 15 is 0 Å². The van der Waals surface area contributed by atoms with E-state index in [0.29, 0.717) is 28.9 Å². The van der Waals surface area contributed by atoms with Gasteiger partial charge in [0.25, 0.3) is 0 Å². The Morgan fingerprint density at radius 2 is 2.00 bits per heavy atom. The van der Waals surface area contributed by atoms with Crippen LogP contribution in [0.5, 0.6) is 0 Å². The Kier molecular flexibility index (Phi) is 3.28. The molecule has 2 fully saturated rings. The fourth-order valence-corrected chi connectivity index (χ4v) is 5.14. The minimum Gasteiger partial charge on any atom is -0.385 e. The number of hydrogen-bond acceptors (Lipinski definition) is 3. The van der Waals surface area contributed by atoms with Gasteiger partial charge in [-0.3, -0.25) is 0 Å². The topological polar surface area (TPSA) is 44.0 Å². The van der Waals surface area contributed by atoms with Gasteiger partial charge >= 0.3 is 0 Å². The maximum Gasteiger partial charge on any atom is 0.141 e. The lowest BCUT2D eigenvalue weighted by Gasteiger charge is -2.44. The molecule has 0 spiro atoms. The average molecular weight is 277 g/mol. The third-order valence-corrected chi connectivity index (χ3v) is 5.77. The molecule has 3 rings (SSSR count). The highest BCUT2D eigenvalue weighted by Gasteiger charge is 2.42. The van der Waals surface area contributed by atoms with Crippen LogP contribution in [0.1, 0.15) is 43.2 Å². The molecule has 100 valence electrons. The molecule has 1 N–H and O–H groups in total. The molecular formula is C15H16FNOS. The van der Waals surface area contributed by atoms with Crippen molar-refractivity contribution in [3.05, 3.63) is 35.1 Å². The summed E-state index contributed by atoms with van der Waals surface area (Å²) in [6, 6.07) is 6.33. The molecule has 1 aromatic carbocycles. The second kappa shape index (κ2) is 4.81. The van der Waals surface area contributed by atoms with Gasteiger partial charge in [-0.15, -0.1) is 0 Å². The van der Waals surface area contributed by atoms with Gasteiger partial charge in [0.05, 0.1) is 11.2 Å². The molecule has 2 aliphatic rings. The number of benzene rings is 1. The molecule has 1 aromatic rings. The summed E-state index contributed by atoms with van der Waals surface area (Å²) in [5, 5.41) is 20.6. The summed E-state index contributed by atoms with van der Waals surface area (Å²) in [5.41, 5.74) is -0.255. The van der Waals surface area contributed by atoms with Crippen LogP contribution in [0.15, 0.2) is 18.2 Å². The molecule has 0 saturated carbocycles. The number of aliphatic hydroxyl groups is 1. The van der Waals surface area contributed by atoms with Gasteiger partial charge < -0.3 is 5.11 Å². The van der Waals surface area contributed by atoms with Gasteiger partial charge in [-0.25, -0.2) is 4.39 Å². The van der Waals surface area contributed by atoms with Crippen LogP contribution >= 0.6 is 11.8 Å². The zero-order valence-corrected chi connectivity index (χ0v) is 11.4. The Balaban J connectivity index is 1.92. The van der Waals surface area contributed by atoms with E-state index in [0.717, 1.165) is 12.8 Å². The molecule has 0 aromatic heterocycles. The van der Waals surface area contributed by atoms with Crippen molar-refractivity contribution in [3.8, 4) is 6.07 Å². The first kappa shape index (κ1) is 13.0. The Morgan fingerprint density at radius 3 is 2.58 bits per heavy atom. The standard InChI is InChI=1S/C15H16FNOS/c16-14-6-11(5-4-10(14)9-17)15(18)7-12-2-1-3-13(8-15)19-12/h4-6,12-13,18H,1-3,7-8H2. The SMILES string of the molecule is N#Cc1ccc(C2(O)CC3CCCC(C2)S3)cc1F. The zero-order chi connectivity index (χ0) is 13.5. The molecule has 2 saturated heterocycles. The van der Waals surface area contributed by atoms with Gasteiger partial charge in [-0.1, -0.05) is 12.5 Å². The monoisotopic (exact) mass is 277 g/mol. The molecule has 2 atom stereocenters. The van der Waals surface area contributed by atoms with Crippen molar-refractivity contribution in [2.45, 2.75) is 48.2 Å². The summed E-state index contributed by atoms with van der Waals surface area (Å²) in [6.45, 7) is 0. The highest BCUT2D eigenvalue weighted by Crippen LogP contribution is 2.49. The average Bonchev–Trinajstić information content (AvgIpc) is 2.38.